The number of carbonyl (C=O) groups is 2. The molecule has 0 bridgehead atoms. The van der Waals surface area contributed by atoms with Gasteiger partial charge in [-0.15, -0.1) is 0 Å². The van der Waals surface area contributed by atoms with E-state index < -0.39 is 16.9 Å². The molecule has 0 spiro atoms. The fourth-order valence-electron chi connectivity index (χ4n) is 2.86. The minimum Gasteiger partial charge on any atom is -0.486 e. The van der Waals surface area contributed by atoms with Crippen molar-refractivity contribution in [3.8, 4) is 11.5 Å². The Balaban J connectivity index is 1.60. The summed E-state index contributed by atoms with van der Waals surface area (Å²) >= 11 is 0. The Labute approximate surface area is 167 Å². The van der Waals surface area contributed by atoms with E-state index in [1.54, 1.807) is 13.0 Å². The lowest BCUT2D eigenvalue weighted by molar-refractivity contribution is -0.384. The molecule has 2 amide bonds. The maximum Gasteiger partial charge on any atom is 0.270 e. The molecule has 0 radical (unpaired) electrons. The van der Waals surface area contributed by atoms with E-state index in [4.69, 9.17) is 9.47 Å². The van der Waals surface area contributed by atoms with Gasteiger partial charge >= 0.3 is 0 Å². The number of nitrogens with one attached hydrogen (secondary N) is 2. The van der Waals surface area contributed by atoms with E-state index in [1.165, 1.54) is 18.2 Å². The van der Waals surface area contributed by atoms with Gasteiger partial charge in [-0.3, -0.25) is 19.7 Å². The van der Waals surface area contributed by atoms with Crippen molar-refractivity contribution < 1.29 is 24.0 Å². The van der Waals surface area contributed by atoms with E-state index in [0.717, 1.165) is 11.6 Å². The van der Waals surface area contributed by atoms with Crippen LogP contribution in [0.1, 0.15) is 35.8 Å². The maximum absolute atomic E-state index is 12.5. The molecule has 0 saturated heterocycles. The Morgan fingerprint density at radius 1 is 1.03 bits per heavy atom. The molecule has 2 N–H and O–H groups in total. The van der Waals surface area contributed by atoms with Crippen LogP contribution in [0.2, 0.25) is 0 Å². The summed E-state index contributed by atoms with van der Waals surface area (Å²) in [5, 5.41) is 16.2. The fourth-order valence-corrected chi connectivity index (χ4v) is 2.86. The van der Waals surface area contributed by atoms with Gasteiger partial charge < -0.3 is 20.1 Å². The molecular formula is C20H21N3O6. The monoisotopic (exact) mass is 399 g/mol. The maximum atomic E-state index is 12.5. The number of nitrogens with zero attached hydrogens (tertiary/aromatic N) is 1. The van der Waals surface area contributed by atoms with Crippen LogP contribution < -0.4 is 20.1 Å². The molecule has 3 rings (SSSR count). The van der Waals surface area contributed by atoms with Crippen LogP contribution >= 0.6 is 0 Å². The third kappa shape index (κ3) is 4.81. The van der Waals surface area contributed by atoms with Crippen molar-refractivity contribution in [1.29, 1.82) is 0 Å². The van der Waals surface area contributed by atoms with Crippen molar-refractivity contribution in [2.75, 3.05) is 13.2 Å². The summed E-state index contributed by atoms with van der Waals surface area (Å²) < 4.78 is 11.0. The topological polar surface area (TPSA) is 120 Å². The molecule has 1 heterocycles. The van der Waals surface area contributed by atoms with E-state index in [0.29, 0.717) is 24.7 Å². The highest BCUT2D eigenvalue weighted by molar-refractivity contribution is 5.97. The van der Waals surface area contributed by atoms with Crippen LogP contribution in [0.3, 0.4) is 0 Å². The molecule has 9 nitrogen and oxygen atoms in total. The smallest absolute Gasteiger partial charge is 0.270 e. The summed E-state index contributed by atoms with van der Waals surface area (Å²) in [5.74, 6) is 0.340. The Kier molecular flexibility index (Phi) is 5.96. The zero-order chi connectivity index (χ0) is 21.0. The highest BCUT2D eigenvalue weighted by Gasteiger charge is 2.21. The van der Waals surface area contributed by atoms with Crippen molar-refractivity contribution >= 4 is 17.5 Å². The lowest BCUT2D eigenvalue weighted by Gasteiger charge is -2.22. The quantitative estimate of drug-likeness (QED) is 0.568. The molecule has 0 saturated carbocycles. The molecule has 0 aromatic heterocycles. The summed E-state index contributed by atoms with van der Waals surface area (Å²) in [5.41, 5.74) is 0.750. The van der Waals surface area contributed by atoms with Crippen molar-refractivity contribution in [3.05, 3.63) is 63.7 Å². The molecule has 0 fully saturated rings. The third-order valence-electron chi connectivity index (χ3n) is 4.49. The number of nitro benzene ring substituents is 1. The van der Waals surface area contributed by atoms with Gasteiger partial charge in [0.15, 0.2) is 11.5 Å². The Bertz CT molecular complexity index is 946. The molecule has 0 aliphatic carbocycles. The summed E-state index contributed by atoms with van der Waals surface area (Å²) in [6.45, 7) is 4.33. The number of non-ortho nitro benzene ring substituents is 1. The van der Waals surface area contributed by atoms with Gasteiger partial charge in [-0.05, 0) is 37.6 Å². The summed E-state index contributed by atoms with van der Waals surface area (Å²) in [4.78, 5) is 35.0. The molecule has 2 unspecified atom stereocenters. The summed E-state index contributed by atoms with van der Waals surface area (Å²) in [6, 6.07) is 9.61. The molecule has 152 valence electrons. The Morgan fingerprint density at radius 2 is 1.76 bits per heavy atom. The number of hydrogen-bond acceptors (Lipinski definition) is 6. The minimum absolute atomic E-state index is 0.110. The first-order chi connectivity index (χ1) is 13.8. The summed E-state index contributed by atoms with van der Waals surface area (Å²) in [6.07, 6.45) is 0. The van der Waals surface area contributed by atoms with Gasteiger partial charge in [0.1, 0.15) is 19.3 Å². The van der Waals surface area contributed by atoms with Gasteiger partial charge in [0.05, 0.1) is 11.0 Å². The van der Waals surface area contributed by atoms with Crippen LogP contribution in [0.15, 0.2) is 42.5 Å². The predicted octanol–water partition coefficient (Wildman–Crippen LogP) is 2.36. The second kappa shape index (κ2) is 8.59. The standard InChI is InChI=1S/C20H21N3O6/c1-12(14-6-7-17-18(11-14)29-9-8-28-17)21-19(24)13(2)22-20(25)15-4-3-5-16(10-15)23(26)27/h3-7,10-13H,8-9H2,1-2H3,(H,21,24)(H,22,25). The first-order valence-electron chi connectivity index (χ1n) is 9.10. The fraction of sp³-hybridized carbons (Fsp3) is 0.300. The van der Waals surface area contributed by atoms with Gasteiger partial charge in [-0.1, -0.05) is 12.1 Å². The molecule has 2 aromatic carbocycles. The molecule has 2 atom stereocenters. The zero-order valence-electron chi connectivity index (χ0n) is 16.0. The number of ether oxygens (including phenoxy) is 2. The van der Waals surface area contributed by atoms with Crippen LogP contribution in [-0.2, 0) is 4.79 Å². The number of fused-ring (bicyclic) bond motifs is 1. The normalized spacial score (nSPS) is 14.4. The van der Waals surface area contributed by atoms with E-state index in [1.807, 2.05) is 19.1 Å². The molecule has 2 aromatic rings. The highest BCUT2D eigenvalue weighted by Crippen LogP contribution is 2.32. The number of benzene rings is 2. The van der Waals surface area contributed by atoms with Gasteiger partial charge in [0.2, 0.25) is 5.91 Å². The molecule has 29 heavy (non-hydrogen) atoms. The van der Waals surface area contributed by atoms with Crippen LogP contribution in [0.5, 0.6) is 11.5 Å². The lowest BCUT2D eigenvalue weighted by Crippen LogP contribution is -2.45. The van der Waals surface area contributed by atoms with Crippen molar-refractivity contribution in [1.82, 2.24) is 10.6 Å². The number of rotatable bonds is 6. The van der Waals surface area contributed by atoms with Crippen LogP contribution in [-0.4, -0.2) is 36.0 Å². The first kappa shape index (κ1) is 20.1. The molecule has 1 aliphatic rings. The SMILES string of the molecule is CC(NC(=O)c1cccc([N+](=O)[O-])c1)C(=O)NC(C)c1ccc2c(c1)OCCO2. The predicted molar refractivity (Wildman–Crippen MR) is 104 cm³/mol. The van der Waals surface area contributed by atoms with Crippen molar-refractivity contribution in [2.24, 2.45) is 0 Å². The van der Waals surface area contributed by atoms with Crippen LogP contribution in [0, 0.1) is 10.1 Å². The van der Waals surface area contributed by atoms with Crippen LogP contribution in [0.4, 0.5) is 5.69 Å². The second-order valence-corrected chi connectivity index (χ2v) is 6.64. The molecule has 9 heteroatoms. The van der Waals surface area contributed by atoms with Crippen molar-refractivity contribution in [3.63, 3.8) is 0 Å². The molecule has 1 aliphatic heterocycles. The number of nitro groups is 1. The van der Waals surface area contributed by atoms with Gasteiger partial charge in [0.25, 0.3) is 11.6 Å². The van der Waals surface area contributed by atoms with E-state index >= 15 is 0 Å². The highest BCUT2D eigenvalue weighted by atomic mass is 16.6. The average molecular weight is 399 g/mol. The van der Waals surface area contributed by atoms with Gasteiger partial charge in [-0.2, -0.15) is 0 Å². The van der Waals surface area contributed by atoms with Crippen LogP contribution in [0.25, 0.3) is 0 Å². The van der Waals surface area contributed by atoms with E-state index in [2.05, 4.69) is 10.6 Å². The first-order valence-corrected chi connectivity index (χ1v) is 9.10. The van der Waals surface area contributed by atoms with E-state index in [9.17, 15) is 19.7 Å². The number of amides is 2. The van der Waals surface area contributed by atoms with Crippen molar-refractivity contribution in [2.45, 2.75) is 25.9 Å². The zero-order valence-corrected chi connectivity index (χ0v) is 16.0. The van der Waals surface area contributed by atoms with E-state index in [-0.39, 0.29) is 23.2 Å². The van der Waals surface area contributed by atoms with Gasteiger partial charge in [0, 0.05) is 17.7 Å². The second-order valence-electron chi connectivity index (χ2n) is 6.64. The Morgan fingerprint density at radius 3 is 2.48 bits per heavy atom. The average Bonchev–Trinajstić information content (AvgIpc) is 2.73. The summed E-state index contributed by atoms with van der Waals surface area (Å²) in [7, 11) is 0. The number of hydrogen-bond donors (Lipinski definition) is 2. The lowest BCUT2D eigenvalue weighted by atomic mass is 10.1. The third-order valence-corrected chi connectivity index (χ3v) is 4.49. The molecular weight excluding hydrogens is 378 g/mol. The minimum atomic E-state index is -0.832. The Hall–Kier alpha value is -3.62. The van der Waals surface area contributed by atoms with Gasteiger partial charge in [-0.25, -0.2) is 0 Å². The number of carbonyl (C=O) groups excluding carboxylic acids is 2. The largest absolute Gasteiger partial charge is 0.486 e.